The molecule has 0 heterocycles. The van der Waals surface area contributed by atoms with E-state index < -0.39 is 0 Å². The number of rotatable bonds is 3. The molecule has 1 aromatic carbocycles. The highest BCUT2D eigenvalue weighted by molar-refractivity contribution is 9.09. The molecule has 21 heavy (non-hydrogen) atoms. The van der Waals surface area contributed by atoms with Crippen LogP contribution in [0.3, 0.4) is 0 Å². The predicted molar refractivity (Wildman–Crippen MR) is 95.1 cm³/mol. The van der Waals surface area contributed by atoms with Crippen LogP contribution < -0.4 is 0 Å². The van der Waals surface area contributed by atoms with Crippen LogP contribution in [0.1, 0.15) is 61.6 Å². The molecule has 4 unspecified atom stereocenters. The number of aryl methyl sites for hydroxylation is 2. The molecule has 1 heteroatoms. The minimum absolute atomic E-state index is 0.669. The third kappa shape index (κ3) is 3.73. The van der Waals surface area contributed by atoms with Crippen LogP contribution >= 0.6 is 15.9 Å². The highest BCUT2D eigenvalue weighted by atomic mass is 79.9. The van der Waals surface area contributed by atoms with Crippen molar-refractivity contribution in [3.8, 4) is 0 Å². The summed E-state index contributed by atoms with van der Waals surface area (Å²) in [4.78, 5) is 0.669. The Morgan fingerprint density at radius 3 is 2.52 bits per heavy atom. The number of hydrogen-bond acceptors (Lipinski definition) is 0. The van der Waals surface area contributed by atoms with Gasteiger partial charge in [0.05, 0.1) is 0 Å². The zero-order chi connectivity index (χ0) is 14.8. The summed E-state index contributed by atoms with van der Waals surface area (Å²) in [5, 5.41) is 0. The smallest absolute Gasteiger partial charge is 0.0214 e. The third-order valence-electron chi connectivity index (χ3n) is 6.09. The fourth-order valence-corrected chi connectivity index (χ4v) is 5.41. The lowest BCUT2D eigenvalue weighted by Crippen LogP contribution is -2.32. The van der Waals surface area contributed by atoms with E-state index in [1.165, 1.54) is 68.1 Å². The number of halogens is 1. The Morgan fingerprint density at radius 2 is 1.76 bits per heavy atom. The van der Waals surface area contributed by atoms with E-state index in [9.17, 15) is 0 Å². The molecule has 2 aliphatic carbocycles. The molecule has 0 saturated heterocycles. The van der Waals surface area contributed by atoms with E-state index in [2.05, 4.69) is 48.0 Å². The van der Waals surface area contributed by atoms with Crippen LogP contribution in [0.15, 0.2) is 18.2 Å². The van der Waals surface area contributed by atoms with Gasteiger partial charge in [-0.05, 0) is 74.0 Å². The summed E-state index contributed by atoms with van der Waals surface area (Å²) < 4.78 is 0. The van der Waals surface area contributed by atoms with Gasteiger partial charge in [-0.25, -0.2) is 0 Å². The Kier molecular flexibility index (Phi) is 5.09. The number of alkyl halides is 1. The normalized spacial score (nSPS) is 30.7. The second kappa shape index (κ2) is 6.86. The maximum absolute atomic E-state index is 4.04. The largest absolute Gasteiger partial charge is 0.0884 e. The second-order valence-electron chi connectivity index (χ2n) is 7.52. The first-order valence-electron chi connectivity index (χ1n) is 8.83. The van der Waals surface area contributed by atoms with E-state index in [4.69, 9.17) is 0 Å². The fraction of sp³-hybridized carbons (Fsp3) is 0.700. The van der Waals surface area contributed by atoms with Crippen molar-refractivity contribution < 1.29 is 0 Å². The SMILES string of the molecule is Cc1ccc(CC(Br)C2CCC3CCCCC3C2)cc1C. The summed E-state index contributed by atoms with van der Waals surface area (Å²) in [6, 6.07) is 6.99. The first kappa shape index (κ1) is 15.6. The van der Waals surface area contributed by atoms with Gasteiger partial charge in [-0.3, -0.25) is 0 Å². The molecule has 2 fully saturated rings. The number of fused-ring (bicyclic) bond motifs is 1. The highest BCUT2D eigenvalue weighted by Crippen LogP contribution is 2.45. The minimum atomic E-state index is 0.669. The van der Waals surface area contributed by atoms with Crippen molar-refractivity contribution in [2.24, 2.45) is 17.8 Å². The molecule has 1 aromatic rings. The molecule has 4 atom stereocenters. The zero-order valence-corrected chi connectivity index (χ0v) is 15.2. The van der Waals surface area contributed by atoms with Gasteiger partial charge in [0.1, 0.15) is 0 Å². The van der Waals surface area contributed by atoms with Crippen molar-refractivity contribution in [1.29, 1.82) is 0 Å². The average molecular weight is 349 g/mol. The van der Waals surface area contributed by atoms with Crippen molar-refractivity contribution in [3.05, 3.63) is 34.9 Å². The predicted octanol–water partition coefficient (Wildman–Crippen LogP) is 6.22. The van der Waals surface area contributed by atoms with Crippen LogP contribution in [-0.4, -0.2) is 4.83 Å². The van der Waals surface area contributed by atoms with Crippen LogP contribution in [0, 0.1) is 31.6 Å². The van der Waals surface area contributed by atoms with E-state index in [-0.39, 0.29) is 0 Å². The Hall–Kier alpha value is -0.300. The summed E-state index contributed by atoms with van der Waals surface area (Å²) in [5.74, 6) is 3.00. The summed E-state index contributed by atoms with van der Waals surface area (Å²) in [6.07, 6.45) is 11.6. The van der Waals surface area contributed by atoms with Crippen molar-refractivity contribution in [2.45, 2.75) is 70.0 Å². The highest BCUT2D eigenvalue weighted by Gasteiger charge is 2.34. The van der Waals surface area contributed by atoms with Crippen LogP contribution in [0.4, 0.5) is 0 Å². The van der Waals surface area contributed by atoms with E-state index in [0.29, 0.717) is 4.83 Å². The second-order valence-corrected chi connectivity index (χ2v) is 8.69. The molecule has 0 N–H and O–H groups in total. The first-order valence-corrected chi connectivity index (χ1v) is 9.75. The fourth-order valence-electron chi connectivity index (χ4n) is 4.56. The van der Waals surface area contributed by atoms with E-state index >= 15 is 0 Å². The van der Waals surface area contributed by atoms with Gasteiger partial charge in [0, 0.05) is 4.83 Å². The zero-order valence-electron chi connectivity index (χ0n) is 13.6. The van der Waals surface area contributed by atoms with Gasteiger partial charge in [-0.1, -0.05) is 59.8 Å². The lowest BCUT2D eigenvalue weighted by molar-refractivity contribution is 0.129. The van der Waals surface area contributed by atoms with Gasteiger partial charge in [-0.15, -0.1) is 0 Å². The molecule has 3 rings (SSSR count). The molecule has 0 radical (unpaired) electrons. The lowest BCUT2D eigenvalue weighted by Gasteiger charge is -2.41. The van der Waals surface area contributed by atoms with Gasteiger partial charge in [0.25, 0.3) is 0 Å². The van der Waals surface area contributed by atoms with Crippen LogP contribution in [0.2, 0.25) is 0 Å². The van der Waals surface area contributed by atoms with Crippen molar-refractivity contribution >= 4 is 15.9 Å². The van der Waals surface area contributed by atoms with Gasteiger partial charge >= 0.3 is 0 Å². The average Bonchev–Trinajstić information content (AvgIpc) is 2.50. The summed E-state index contributed by atoms with van der Waals surface area (Å²) in [5.41, 5.74) is 4.35. The Balaban J connectivity index is 1.60. The summed E-state index contributed by atoms with van der Waals surface area (Å²) in [7, 11) is 0. The quantitative estimate of drug-likeness (QED) is 0.569. The third-order valence-corrected chi connectivity index (χ3v) is 7.17. The van der Waals surface area contributed by atoms with Crippen LogP contribution in [-0.2, 0) is 6.42 Å². The standard InChI is InChI=1S/C20H29Br/c1-14-7-8-16(11-15(14)2)12-20(21)19-10-9-17-5-3-4-6-18(17)13-19/h7-8,11,17-20H,3-6,9-10,12-13H2,1-2H3. The van der Waals surface area contributed by atoms with E-state index in [1.54, 1.807) is 0 Å². The van der Waals surface area contributed by atoms with Gasteiger partial charge in [0.2, 0.25) is 0 Å². The van der Waals surface area contributed by atoms with Crippen molar-refractivity contribution in [1.82, 2.24) is 0 Å². The lowest BCUT2D eigenvalue weighted by atomic mass is 9.66. The first-order chi connectivity index (χ1) is 10.1. The molecule has 0 bridgehead atoms. The maximum Gasteiger partial charge on any atom is 0.0214 e. The molecule has 0 nitrogen and oxygen atoms in total. The Labute approximate surface area is 138 Å². The summed E-state index contributed by atoms with van der Waals surface area (Å²) >= 11 is 4.04. The van der Waals surface area contributed by atoms with Crippen molar-refractivity contribution in [3.63, 3.8) is 0 Å². The van der Waals surface area contributed by atoms with Crippen molar-refractivity contribution in [2.75, 3.05) is 0 Å². The van der Waals surface area contributed by atoms with E-state index in [0.717, 1.165) is 17.8 Å². The van der Waals surface area contributed by atoms with Gasteiger partial charge in [0.15, 0.2) is 0 Å². The van der Waals surface area contributed by atoms with Crippen LogP contribution in [0.5, 0.6) is 0 Å². The maximum atomic E-state index is 4.04. The molecule has 2 saturated carbocycles. The van der Waals surface area contributed by atoms with E-state index in [1.807, 2.05) is 0 Å². The molecule has 2 aliphatic rings. The number of benzene rings is 1. The molecule has 0 amide bonds. The molecular formula is C20H29Br. The number of hydrogen-bond donors (Lipinski definition) is 0. The topological polar surface area (TPSA) is 0 Å². The Morgan fingerprint density at radius 1 is 1.00 bits per heavy atom. The molecule has 0 spiro atoms. The van der Waals surface area contributed by atoms with Gasteiger partial charge in [-0.2, -0.15) is 0 Å². The molecule has 116 valence electrons. The summed E-state index contributed by atoms with van der Waals surface area (Å²) in [6.45, 7) is 4.43. The monoisotopic (exact) mass is 348 g/mol. The van der Waals surface area contributed by atoms with Gasteiger partial charge < -0.3 is 0 Å². The molecular weight excluding hydrogens is 320 g/mol. The molecule has 0 aliphatic heterocycles. The van der Waals surface area contributed by atoms with Crippen LogP contribution in [0.25, 0.3) is 0 Å². The molecule has 0 aromatic heterocycles. The Bertz CT molecular complexity index is 479. The minimum Gasteiger partial charge on any atom is -0.0884 e.